The van der Waals surface area contributed by atoms with Gasteiger partial charge < -0.3 is 4.98 Å². The summed E-state index contributed by atoms with van der Waals surface area (Å²) in [5, 5.41) is 0. The summed E-state index contributed by atoms with van der Waals surface area (Å²) in [6.45, 7) is 0. The molecule has 2 aromatic rings. The van der Waals surface area contributed by atoms with E-state index in [0.29, 0.717) is 0 Å². The second-order valence-corrected chi connectivity index (χ2v) is 2.77. The van der Waals surface area contributed by atoms with E-state index in [2.05, 4.69) is 15.0 Å². The average Bonchev–Trinajstić information content (AvgIpc) is 2.71. The van der Waals surface area contributed by atoms with Crippen LogP contribution in [0.2, 0.25) is 0 Å². The third-order valence-corrected chi connectivity index (χ3v) is 1.90. The molecule has 62 valence electrons. The fourth-order valence-corrected chi connectivity index (χ4v) is 1.18. The third-order valence-electron chi connectivity index (χ3n) is 1.90. The average molecular weight is 169 g/mol. The molecule has 0 spiro atoms. The second kappa shape index (κ2) is 3.43. The zero-order valence-electron chi connectivity index (χ0n) is 7.01. The number of nitrogens with zero attached hydrogens (tertiary/aromatic N) is 2. The van der Waals surface area contributed by atoms with Gasteiger partial charge in [0.2, 0.25) is 0 Å². The fraction of sp³-hybridized carbons (Fsp3) is 0.111. The fourth-order valence-electron chi connectivity index (χ4n) is 1.18. The molecule has 2 heterocycles. The van der Waals surface area contributed by atoms with Gasteiger partial charge in [0.25, 0.3) is 0 Å². The Kier molecular flexibility index (Phi) is 2.12. The van der Waals surface area contributed by atoms with Crippen LogP contribution < -0.4 is 0 Å². The molecule has 2 radical (unpaired) electrons. The number of H-pyrrole nitrogens is 1. The van der Waals surface area contributed by atoms with Crippen molar-refractivity contribution in [1.29, 1.82) is 0 Å². The lowest BCUT2D eigenvalue weighted by Crippen LogP contribution is -2.00. The summed E-state index contributed by atoms with van der Waals surface area (Å²) in [4.78, 5) is 10.9. The number of imidazole rings is 1. The van der Waals surface area contributed by atoms with E-state index >= 15 is 0 Å². The molecule has 0 bridgehead atoms. The van der Waals surface area contributed by atoms with Crippen molar-refractivity contribution in [2.75, 3.05) is 0 Å². The maximum atomic E-state index is 5.95. The van der Waals surface area contributed by atoms with Crippen LogP contribution >= 0.6 is 0 Å². The Balaban J connectivity index is 2.29. The minimum atomic E-state index is -0.170. The monoisotopic (exact) mass is 169 g/mol. The molecule has 2 aromatic heterocycles. The minimum absolute atomic E-state index is 0.170. The Hall–Kier alpha value is -1.58. The van der Waals surface area contributed by atoms with E-state index in [1.807, 2.05) is 12.1 Å². The van der Waals surface area contributed by atoms with Gasteiger partial charge >= 0.3 is 0 Å². The molecule has 0 aliphatic rings. The molecule has 0 saturated carbocycles. The number of hydrogen-bond acceptors (Lipinski definition) is 2. The lowest BCUT2D eigenvalue weighted by molar-refractivity contribution is 1.05. The SMILES string of the molecule is [B]C(c1cccnc1)c1cnc[nH]1. The Bertz CT molecular complexity index is 358. The molecule has 13 heavy (non-hydrogen) atoms. The van der Waals surface area contributed by atoms with Crippen molar-refractivity contribution in [3.05, 3.63) is 48.3 Å². The summed E-state index contributed by atoms with van der Waals surface area (Å²) < 4.78 is 0. The molecule has 0 aromatic carbocycles. The Morgan fingerprint density at radius 1 is 1.31 bits per heavy atom. The van der Waals surface area contributed by atoms with Crippen molar-refractivity contribution in [3.63, 3.8) is 0 Å². The van der Waals surface area contributed by atoms with E-state index in [9.17, 15) is 0 Å². The maximum Gasteiger partial charge on any atom is 0.0921 e. The van der Waals surface area contributed by atoms with E-state index in [1.54, 1.807) is 24.9 Å². The normalized spacial score (nSPS) is 12.6. The highest BCUT2D eigenvalue weighted by molar-refractivity contribution is 6.14. The van der Waals surface area contributed by atoms with Gasteiger partial charge in [-0.05, 0) is 17.4 Å². The molecular formula is C9H8BN3. The van der Waals surface area contributed by atoms with Gasteiger partial charge in [-0.15, -0.1) is 0 Å². The van der Waals surface area contributed by atoms with E-state index in [0.717, 1.165) is 11.3 Å². The van der Waals surface area contributed by atoms with Gasteiger partial charge in [0.05, 0.1) is 14.2 Å². The molecule has 0 saturated heterocycles. The molecule has 0 aliphatic heterocycles. The molecule has 4 heteroatoms. The van der Waals surface area contributed by atoms with Gasteiger partial charge in [-0.3, -0.25) is 4.98 Å². The summed E-state index contributed by atoms with van der Waals surface area (Å²) in [5.74, 6) is -0.170. The van der Waals surface area contributed by atoms with Crippen molar-refractivity contribution >= 4 is 7.85 Å². The molecular weight excluding hydrogens is 161 g/mol. The number of pyridine rings is 1. The zero-order valence-corrected chi connectivity index (χ0v) is 7.01. The molecule has 3 nitrogen and oxygen atoms in total. The van der Waals surface area contributed by atoms with E-state index in [-0.39, 0.29) is 5.82 Å². The molecule has 0 amide bonds. The van der Waals surface area contributed by atoms with Crippen LogP contribution in [0.1, 0.15) is 17.1 Å². The minimum Gasteiger partial charge on any atom is -0.349 e. The second-order valence-electron chi connectivity index (χ2n) is 2.77. The lowest BCUT2D eigenvalue weighted by atomic mass is 9.80. The van der Waals surface area contributed by atoms with Gasteiger partial charge in [-0.25, -0.2) is 4.98 Å². The highest BCUT2D eigenvalue weighted by Crippen LogP contribution is 2.17. The summed E-state index contributed by atoms with van der Waals surface area (Å²) in [6.07, 6.45) is 6.82. The number of aromatic amines is 1. The first-order valence-electron chi connectivity index (χ1n) is 4.01. The van der Waals surface area contributed by atoms with Crippen LogP contribution in [0.25, 0.3) is 0 Å². The predicted molar refractivity (Wildman–Crippen MR) is 50.4 cm³/mol. The van der Waals surface area contributed by atoms with Gasteiger partial charge in [-0.2, -0.15) is 0 Å². The van der Waals surface area contributed by atoms with E-state index in [1.165, 1.54) is 0 Å². The smallest absolute Gasteiger partial charge is 0.0921 e. The zero-order chi connectivity index (χ0) is 9.10. The van der Waals surface area contributed by atoms with Crippen LogP contribution in [-0.4, -0.2) is 22.8 Å². The molecule has 0 fully saturated rings. The third kappa shape index (κ3) is 1.61. The first kappa shape index (κ1) is 8.04. The highest BCUT2D eigenvalue weighted by Gasteiger charge is 2.07. The van der Waals surface area contributed by atoms with Crippen LogP contribution in [0.15, 0.2) is 37.1 Å². The molecule has 0 aliphatic carbocycles. The van der Waals surface area contributed by atoms with E-state index in [4.69, 9.17) is 7.85 Å². The predicted octanol–water partition coefficient (Wildman–Crippen LogP) is 1.06. The van der Waals surface area contributed by atoms with Crippen LogP contribution in [0.3, 0.4) is 0 Å². The number of nitrogens with one attached hydrogen (secondary N) is 1. The van der Waals surface area contributed by atoms with Gasteiger partial charge in [0.15, 0.2) is 0 Å². The quantitative estimate of drug-likeness (QED) is 0.683. The number of rotatable bonds is 2. The van der Waals surface area contributed by atoms with Crippen LogP contribution in [0.4, 0.5) is 0 Å². The molecule has 1 unspecified atom stereocenters. The highest BCUT2D eigenvalue weighted by atomic mass is 14.9. The summed E-state index contributed by atoms with van der Waals surface area (Å²) in [7, 11) is 5.95. The molecule has 2 rings (SSSR count). The van der Waals surface area contributed by atoms with Crippen molar-refractivity contribution in [2.45, 2.75) is 5.82 Å². The van der Waals surface area contributed by atoms with Crippen LogP contribution in [0.5, 0.6) is 0 Å². The van der Waals surface area contributed by atoms with Gasteiger partial charge in [-0.1, -0.05) is 6.07 Å². The van der Waals surface area contributed by atoms with Crippen LogP contribution in [0, 0.1) is 0 Å². The van der Waals surface area contributed by atoms with Gasteiger partial charge in [0, 0.05) is 24.3 Å². The lowest BCUT2D eigenvalue weighted by Gasteiger charge is -2.08. The maximum absolute atomic E-state index is 5.95. The van der Waals surface area contributed by atoms with Crippen molar-refractivity contribution in [1.82, 2.24) is 15.0 Å². The molecule has 1 atom stereocenters. The summed E-state index contributed by atoms with van der Waals surface area (Å²) >= 11 is 0. The number of aromatic nitrogens is 3. The Morgan fingerprint density at radius 3 is 2.85 bits per heavy atom. The van der Waals surface area contributed by atoms with E-state index < -0.39 is 0 Å². The summed E-state index contributed by atoms with van der Waals surface area (Å²) in [5.41, 5.74) is 1.87. The standard InChI is InChI=1S/C9H8BN3/c10-9(8-5-12-6-13-8)7-2-1-3-11-4-7/h1-6,9H,(H,12,13). The topological polar surface area (TPSA) is 41.6 Å². The van der Waals surface area contributed by atoms with Crippen molar-refractivity contribution in [3.8, 4) is 0 Å². The molecule has 1 N–H and O–H groups in total. The first-order chi connectivity index (χ1) is 6.38. The number of hydrogen-bond donors (Lipinski definition) is 1. The summed E-state index contributed by atoms with van der Waals surface area (Å²) in [6, 6.07) is 3.81. The van der Waals surface area contributed by atoms with Crippen molar-refractivity contribution in [2.24, 2.45) is 0 Å². The Labute approximate surface area is 77.7 Å². The largest absolute Gasteiger partial charge is 0.349 e. The Morgan fingerprint density at radius 2 is 2.23 bits per heavy atom. The van der Waals surface area contributed by atoms with Crippen LogP contribution in [-0.2, 0) is 0 Å². The van der Waals surface area contributed by atoms with Gasteiger partial charge in [0.1, 0.15) is 0 Å². The van der Waals surface area contributed by atoms with Crippen molar-refractivity contribution < 1.29 is 0 Å². The first-order valence-corrected chi connectivity index (χ1v) is 4.01.